The molecule has 1 N–H and O–H groups in total. The van der Waals surface area contributed by atoms with Crippen LogP contribution in [0, 0.1) is 12.8 Å². The van der Waals surface area contributed by atoms with Crippen LogP contribution in [-0.2, 0) is 9.59 Å². The first-order chi connectivity index (χ1) is 11.8. The maximum atomic E-state index is 12.7. The van der Waals surface area contributed by atoms with E-state index in [-0.39, 0.29) is 23.8 Å². The number of carbonyl (C=O) groups is 2. The van der Waals surface area contributed by atoms with Crippen molar-refractivity contribution >= 4 is 23.4 Å². The molecule has 1 aliphatic rings. The number of nitrogens with zero attached hydrogens (tertiary/aromatic N) is 1. The topological polar surface area (TPSA) is 58.6 Å². The summed E-state index contributed by atoms with van der Waals surface area (Å²) in [6.45, 7) is 8.61. The summed E-state index contributed by atoms with van der Waals surface area (Å²) in [5.41, 5.74) is 1.02. The summed E-state index contributed by atoms with van der Waals surface area (Å²) in [4.78, 5) is 26.4. The Morgan fingerprint density at radius 1 is 1.32 bits per heavy atom. The molecule has 2 unspecified atom stereocenters. The van der Waals surface area contributed by atoms with E-state index in [2.05, 4.69) is 5.32 Å². The number of nitrogens with one attached hydrogen (secondary N) is 1. The van der Waals surface area contributed by atoms with Gasteiger partial charge in [-0.15, -0.1) is 0 Å². The molecule has 2 rings (SSSR count). The lowest BCUT2D eigenvalue weighted by molar-refractivity contribution is -0.140. The highest BCUT2D eigenvalue weighted by atomic mass is 35.5. The first kappa shape index (κ1) is 19.6. The Bertz CT molecular complexity index is 633. The van der Waals surface area contributed by atoms with E-state index >= 15 is 0 Å². The minimum atomic E-state index is -0.626. The van der Waals surface area contributed by atoms with E-state index in [1.165, 1.54) is 0 Å². The van der Waals surface area contributed by atoms with Crippen molar-refractivity contribution in [1.29, 1.82) is 0 Å². The molecule has 138 valence electrons. The summed E-state index contributed by atoms with van der Waals surface area (Å²) in [7, 11) is 0. The minimum Gasteiger partial charge on any atom is -0.479 e. The predicted octanol–water partition coefficient (Wildman–Crippen LogP) is 3.18. The van der Waals surface area contributed by atoms with E-state index in [1.807, 2.05) is 32.9 Å². The lowest BCUT2D eigenvalue weighted by Gasteiger charge is -2.35. The second-order valence-corrected chi connectivity index (χ2v) is 7.39. The predicted molar refractivity (Wildman–Crippen MR) is 98.9 cm³/mol. The van der Waals surface area contributed by atoms with E-state index in [0.29, 0.717) is 23.9 Å². The summed E-state index contributed by atoms with van der Waals surface area (Å²) < 4.78 is 5.79. The van der Waals surface area contributed by atoms with Crippen molar-refractivity contribution < 1.29 is 14.3 Å². The Kier molecular flexibility index (Phi) is 6.71. The number of aryl methyl sites for hydroxylation is 1. The Hall–Kier alpha value is -1.75. The second kappa shape index (κ2) is 8.56. The quantitative estimate of drug-likeness (QED) is 0.870. The number of hydrogen-bond donors (Lipinski definition) is 1. The lowest BCUT2D eigenvalue weighted by Crippen LogP contribution is -2.52. The van der Waals surface area contributed by atoms with Gasteiger partial charge >= 0.3 is 0 Å². The van der Waals surface area contributed by atoms with E-state index in [4.69, 9.17) is 16.3 Å². The van der Waals surface area contributed by atoms with Gasteiger partial charge in [-0.2, -0.15) is 0 Å². The third-order valence-corrected chi connectivity index (χ3v) is 4.65. The van der Waals surface area contributed by atoms with Gasteiger partial charge in [0.25, 0.3) is 5.91 Å². The van der Waals surface area contributed by atoms with Crippen LogP contribution in [0.3, 0.4) is 0 Å². The van der Waals surface area contributed by atoms with Crippen LogP contribution in [0.2, 0.25) is 5.02 Å². The van der Waals surface area contributed by atoms with Crippen molar-refractivity contribution in [2.45, 2.75) is 52.7 Å². The monoisotopic (exact) mass is 366 g/mol. The fraction of sp³-hybridized carbons (Fsp3) is 0.579. The lowest BCUT2D eigenvalue weighted by atomic mass is 10.0. The SMILES string of the molecule is Cc1ccc(Cl)c(OC(C)C(=O)N2CCCC(NC(=O)C(C)C)C2)c1. The molecule has 1 aromatic carbocycles. The van der Waals surface area contributed by atoms with Gasteiger partial charge in [-0.1, -0.05) is 31.5 Å². The summed E-state index contributed by atoms with van der Waals surface area (Å²) >= 11 is 6.14. The van der Waals surface area contributed by atoms with Crippen molar-refractivity contribution in [3.05, 3.63) is 28.8 Å². The number of carbonyl (C=O) groups excluding carboxylic acids is 2. The minimum absolute atomic E-state index is 0.00218. The molecule has 2 amide bonds. The highest BCUT2D eigenvalue weighted by Gasteiger charge is 2.29. The standard InChI is InChI=1S/C19H27ClN2O3/c1-12(2)18(23)21-15-6-5-9-22(11-15)19(24)14(4)25-17-10-13(3)7-8-16(17)20/h7-8,10,12,14-15H,5-6,9,11H2,1-4H3,(H,21,23). The molecule has 1 aliphatic heterocycles. The van der Waals surface area contributed by atoms with Gasteiger partial charge in [-0.25, -0.2) is 0 Å². The fourth-order valence-electron chi connectivity index (χ4n) is 2.86. The number of piperidine rings is 1. The molecule has 25 heavy (non-hydrogen) atoms. The number of amides is 2. The highest BCUT2D eigenvalue weighted by Crippen LogP contribution is 2.26. The molecule has 0 aromatic heterocycles. The van der Waals surface area contributed by atoms with Crippen LogP contribution in [0.25, 0.3) is 0 Å². The number of hydrogen-bond acceptors (Lipinski definition) is 3. The van der Waals surface area contributed by atoms with Crippen LogP contribution in [0.4, 0.5) is 0 Å². The van der Waals surface area contributed by atoms with Gasteiger partial charge in [0.2, 0.25) is 5.91 Å². The molecule has 1 heterocycles. The molecule has 1 aromatic rings. The fourth-order valence-corrected chi connectivity index (χ4v) is 3.02. The summed E-state index contributed by atoms with van der Waals surface area (Å²) in [6, 6.07) is 5.49. The van der Waals surface area contributed by atoms with Crippen molar-refractivity contribution in [3.63, 3.8) is 0 Å². The molecule has 1 fully saturated rings. The second-order valence-electron chi connectivity index (χ2n) is 6.98. The van der Waals surface area contributed by atoms with Crippen molar-refractivity contribution in [2.75, 3.05) is 13.1 Å². The van der Waals surface area contributed by atoms with Gasteiger partial charge in [0.15, 0.2) is 6.10 Å². The van der Waals surface area contributed by atoms with E-state index in [0.717, 1.165) is 18.4 Å². The molecule has 0 bridgehead atoms. The van der Waals surface area contributed by atoms with E-state index in [9.17, 15) is 9.59 Å². The Balaban J connectivity index is 1.96. The molecule has 1 saturated heterocycles. The maximum Gasteiger partial charge on any atom is 0.263 e. The molecular formula is C19H27ClN2O3. The summed E-state index contributed by atoms with van der Waals surface area (Å²) in [5, 5.41) is 3.51. The van der Waals surface area contributed by atoms with Crippen LogP contribution >= 0.6 is 11.6 Å². The normalized spacial score (nSPS) is 18.8. The highest BCUT2D eigenvalue weighted by molar-refractivity contribution is 6.32. The molecule has 0 saturated carbocycles. The summed E-state index contributed by atoms with van der Waals surface area (Å²) in [6.07, 6.45) is 1.13. The molecule has 0 radical (unpaired) electrons. The molecule has 0 spiro atoms. The Morgan fingerprint density at radius 3 is 2.72 bits per heavy atom. The zero-order valence-corrected chi connectivity index (χ0v) is 16.1. The zero-order chi connectivity index (χ0) is 18.6. The number of benzene rings is 1. The van der Waals surface area contributed by atoms with Gasteiger partial charge in [0.1, 0.15) is 5.75 Å². The van der Waals surface area contributed by atoms with Gasteiger partial charge in [0.05, 0.1) is 5.02 Å². The molecular weight excluding hydrogens is 340 g/mol. The van der Waals surface area contributed by atoms with E-state index in [1.54, 1.807) is 17.9 Å². The molecule has 5 nitrogen and oxygen atoms in total. The average molecular weight is 367 g/mol. The van der Waals surface area contributed by atoms with Crippen LogP contribution in [0.15, 0.2) is 18.2 Å². The molecule has 6 heteroatoms. The van der Waals surface area contributed by atoms with Crippen LogP contribution in [0.5, 0.6) is 5.75 Å². The number of halogens is 1. The van der Waals surface area contributed by atoms with Crippen molar-refractivity contribution in [2.24, 2.45) is 5.92 Å². The Labute approximate surface area is 154 Å². The number of ether oxygens (including phenoxy) is 1. The number of rotatable bonds is 5. The third-order valence-electron chi connectivity index (χ3n) is 4.34. The first-order valence-corrected chi connectivity index (χ1v) is 9.17. The molecule has 2 atom stereocenters. The average Bonchev–Trinajstić information content (AvgIpc) is 2.57. The third kappa shape index (κ3) is 5.36. The van der Waals surface area contributed by atoms with Crippen LogP contribution < -0.4 is 10.1 Å². The van der Waals surface area contributed by atoms with Crippen LogP contribution in [0.1, 0.15) is 39.2 Å². The first-order valence-electron chi connectivity index (χ1n) is 8.80. The maximum absolute atomic E-state index is 12.7. The smallest absolute Gasteiger partial charge is 0.263 e. The largest absolute Gasteiger partial charge is 0.479 e. The van der Waals surface area contributed by atoms with Crippen molar-refractivity contribution in [3.8, 4) is 5.75 Å². The van der Waals surface area contributed by atoms with Gasteiger partial charge in [0, 0.05) is 25.0 Å². The van der Waals surface area contributed by atoms with E-state index < -0.39 is 6.10 Å². The Morgan fingerprint density at radius 2 is 2.04 bits per heavy atom. The summed E-state index contributed by atoms with van der Waals surface area (Å²) in [5.74, 6) is 0.400. The number of likely N-dealkylation sites (tertiary alicyclic amines) is 1. The van der Waals surface area contributed by atoms with Gasteiger partial charge in [-0.05, 0) is 44.4 Å². The van der Waals surface area contributed by atoms with Gasteiger partial charge < -0.3 is 15.0 Å². The molecule has 0 aliphatic carbocycles. The van der Waals surface area contributed by atoms with Crippen LogP contribution in [-0.4, -0.2) is 41.9 Å². The zero-order valence-electron chi connectivity index (χ0n) is 15.3. The van der Waals surface area contributed by atoms with Crippen molar-refractivity contribution in [1.82, 2.24) is 10.2 Å². The van der Waals surface area contributed by atoms with Gasteiger partial charge in [-0.3, -0.25) is 9.59 Å².